The summed E-state index contributed by atoms with van der Waals surface area (Å²) >= 11 is 0.553. The summed E-state index contributed by atoms with van der Waals surface area (Å²) in [6, 6.07) is -2.54. The zero-order valence-electron chi connectivity index (χ0n) is 5.58. The van der Waals surface area contributed by atoms with Crippen LogP contribution < -0.4 is 11.5 Å². The summed E-state index contributed by atoms with van der Waals surface area (Å²) in [5.74, 6) is 0. The predicted octanol–water partition coefficient (Wildman–Crippen LogP) is -1.36. The molecule has 0 radical (unpaired) electrons. The fraction of sp³-hybridized carbons (Fsp3) is 0. The highest BCUT2D eigenvalue weighted by atomic mass is 32.2. The molecule has 4 amide bonds. The molecule has 0 heterocycles. The fourth-order valence-corrected chi connectivity index (χ4v) is 0.968. The topological polar surface area (TPSA) is 130 Å². The largest absolute Gasteiger partial charge is 0.349 e. The number of hydrogen-bond donors (Lipinski definition) is 4. The monoisotopic (exact) mass is 214 g/mol. The number of nitrogens with zero attached hydrogens (tertiary/aromatic N) is 2. The summed E-state index contributed by atoms with van der Waals surface area (Å²) in [5.41, 5.74) is 9.24. The van der Waals surface area contributed by atoms with Crippen LogP contribution in [-0.2, 0) is 11.3 Å². The molecule has 0 bridgehead atoms. The van der Waals surface area contributed by atoms with Gasteiger partial charge in [0, 0.05) is 0 Å². The van der Waals surface area contributed by atoms with Gasteiger partial charge in [0.2, 0.25) is 0 Å². The van der Waals surface area contributed by atoms with Crippen LogP contribution in [0, 0.1) is 0 Å². The number of urea groups is 2. The van der Waals surface area contributed by atoms with Gasteiger partial charge < -0.3 is 11.5 Å². The van der Waals surface area contributed by atoms with Gasteiger partial charge in [0.1, 0.15) is 0 Å². The van der Waals surface area contributed by atoms with Gasteiger partial charge in [-0.15, -0.1) is 4.41 Å². The van der Waals surface area contributed by atoms with E-state index in [1.807, 2.05) is 0 Å². The van der Waals surface area contributed by atoms with Crippen LogP contribution in [0.4, 0.5) is 9.59 Å². The first-order chi connectivity index (χ1) is 5.37. The van der Waals surface area contributed by atoms with Crippen molar-refractivity contribution in [3.63, 3.8) is 0 Å². The van der Waals surface area contributed by atoms with E-state index < -0.39 is 23.3 Å². The highest BCUT2D eigenvalue weighted by molar-refractivity contribution is 7.81. The Morgan fingerprint density at radius 1 is 1.33 bits per heavy atom. The molecule has 0 saturated carbocycles. The molecule has 0 fully saturated rings. The minimum absolute atomic E-state index is 0.0363. The molecule has 5 N–H and O–H groups in total. The van der Waals surface area contributed by atoms with Gasteiger partial charge in [-0.25, -0.2) is 13.8 Å². The Bertz CT molecular complexity index is 217. The Hall–Kier alpha value is -1.00. The van der Waals surface area contributed by atoms with E-state index in [4.69, 9.17) is 4.55 Å². The van der Waals surface area contributed by atoms with Crippen LogP contribution in [0.1, 0.15) is 0 Å². The first kappa shape index (κ1) is 11.0. The highest BCUT2D eigenvalue weighted by Crippen LogP contribution is 2.02. The third kappa shape index (κ3) is 2.56. The van der Waals surface area contributed by atoms with E-state index in [0.29, 0.717) is 0 Å². The van der Waals surface area contributed by atoms with Crippen LogP contribution in [-0.4, -0.2) is 29.7 Å². The molecule has 0 aliphatic heterocycles. The molecule has 0 aromatic rings. The predicted molar refractivity (Wildman–Crippen MR) is 42.6 cm³/mol. The van der Waals surface area contributed by atoms with Crippen LogP contribution >= 0.6 is 12.8 Å². The molecule has 10 heteroatoms. The zero-order chi connectivity index (χ0) is 9.89. The molecule has 70 valence electrons. The van der Waals surface area contributed by atoms with Crippen molar-refractivity contribution < 1.29 is 18.4 Å². The van der Waals surface area contributed by atoms with Gasteiger partial charge in [-0.05, 0) is 12.8 Å². The Labute approximate surface area is 75.4 Å². The number of hydrazine groups is 1. The van der Waals surface area contributed by atoms with Crippen molar-refractivity contribution in [2.45, 2.75) is 0 Å². The second kappa shape index (κ2) is 4.13. The van der Waals surface area contributed by atoms with Crippen LogP contribution in [0.25, 0.3) is 0 Å². The molecule has 0 aliphatic carbocycles. The van der Waals surface area contributed by atoms with E-state index in [1.54, 1.807) is 0 Å². The van der Waals surface area contributed by atoms with Crippen molar-refractivity contribution in [2.75, 3.05) is 0 Å². The van der Waals surface area contributed by atoms with E-state index >= 15 is 0 Å². The van der Waals surface area contributed by atoms with Gasteiger partial charge in [0.05, 0.1) is 0 Å². The van der Waals surface area contributed by atoms with Crippen LogP contribution in [0.2, 0.25) is 0 Å². The average Bonchev–Trinajstić information content (AvgIpc) is 1.85. The van der Waals surface area contributed by atoms with Crippen molar-refractivity contribution in [1.29, 1.82) is 0 Å². The minimum Gasteiger partial charge on any atom is -0.349 e. The number of thiol groups is 1. The second-order valence-corrected chi connectivity index (χ2v) is 2.66. The molecule has 12 heavy (non-hydrogen) atoms. The normalized spacial score (nSPS) is 11.8. The zero-order valence-corrected chi connectivity index (χ0v) is 7.29. The molecule has 0 aromatic carbocycles. The third-order valence-electron chi connectivity index (χ3n) is 0.706. The van der Waals surface area contributed by atoms with E-state index in [-0.39, 0.29) is 8.83 Å². The van der Waals surface area contributed by atoms with Crippen molar-refractivity contribution >= 4 is 36.1 Å². The number of amides is 4. The summed E-state index contributed by atoms with van der Waals surface area (Å²) < 4.78 is 18.8. The number of primary amides is 2. The standard InChI is InChI=1S/C2H6N4O4S2/c3-1(7)5(11)6(2(4)8)12(9)10/h11H,(H2,3,7)(H2,4,8)(H,9,10). The second-order valence-electron chi connectivity index (χ2n) is 1.47. The Kier molecular flexibility index (Phi) is 3.79. The lowest BCUT2D eigenvalue weighted by molar-refractivity contribution is 0.174. The molecule has 0 aromatic heterocycles. The summed E-state index contributed by atoms with van der Waals surface area (Å²) in [7, 11) is 0. The molecule has 8 nitrogen and oxygen atoms in total. The van der Waals surface area contributed by atoms with Crippen LogP contribution in [0.5, 0.6) is 0 Å². The summed E-state index contributed by atoms with van der Waals surface area (Å²) in [6.07, 6.45) is 0. The number of carbonyl (C=O) groups is 2. The van der Waals surface area contributed by atoms with E-state index in [2.05, 4.69) is 24.3 Å². The van der Waals surface area contributed by atoms with E-state index in [9.17, 15) is 13.8 Å². The summed E-state index contributed by atoms with van der Waals surface area (Å²) in [4.78, 5) is 20.7. The van der Waals surface area contributed by atoms with Gasteiger partial charge in [0.25, 0.3) is 11.3 Å². The fourth-order valence-electron chi connectivity index (χ4n) is 0.326. The SMILES string of the molecule is NC(=O)N(S)N(C(N)=O)S(=O)O. The Balaban J connectivity index is 4.63. The van der Waals surface area contributed by atoms with Gasteiger partial charge in [0.15, 0.2) is 0 Å². The van der Waals surface area contributed by atoms with E-state index in [1.165, 1.54) is 0 Å². The smallest absolute Gasteiger partial charge is 0.349 e. The van der Waals surface area contributed by atoms with Crippen LogP contribution in [0.3, 0.4) is 0 Å². The molecule has 0 spiro atoms. The summed E-state index contributed by atoms with van der Waals surface area (Å²) in [5, 5.41) is 0. The van der Waals surface area contributed by atoms with Crippen molar-refractivity contribution in [3.8, 4) is 0 Å². The molecular formula is C2H6N4O4S2. The van der Waals surface area contributed by atoms with Crippen molar-refractivity contribution in [1.82, 2.24) is 8.83 Å². The van der Waals surface area contributed by atoms with Crippen molar-refractivity contribution in [2.24, 2.45) is 11.5 Å². The first-order valence-electron chi connectivity index (χ1n) is 2.36. The van der Waals surface area contributed by atoms with Crippen LogP contribution in [0.15, 0.2) is 0 Å². The Morgan fingerprint density at radius 3 is 1.83 bits per heavy atom. The lowest BCUT2D eigenvalue weighted by atomic mass is 11.0. The minimum atomic E-state index is -2.78. The molecule has 1 unspecified atom stereocenters. The number of rotatable bonds is 1. The molecule has 0 aliphatic rings. The van der Waals surface area contributed by atoms with Gasteiger partial charge in [-0.2, -0.15) is 4.41 Å². The Morgan fingerprint density at radius 2 is 1.75 bits per heavy atom. The molecule has 0 saturated heterocycles. The maximum Gasteiger partial charge on any atom is 0.349 e. The summed E-state index contributed by atoms with van der Waals surface area (Å²) in [6.45, 7) is 0. The number of carbonyl (C=O) groups excluding carboxylic acids is 2. The maximum absolute atomic E-state index is 10.4. The lowest BCUT2D eigenvalue weighted by Crippen LogP contribution is -2.49. The molecule has 0 rings (SSSR count). The highest BCUT2D eigenvalue weighted by Gasteiger charge is 2.24. The van der Waals surface area contributed by atoms with Gasteiger partial charge in [-0.3, -0.25) is 4.55 Å². The van der Waals surface area contributed by atoms with Crippen molar-refractivity contribution in [3.05, 3.63) is 0 Å². The van der Waals surface area contributed by atoms with Gasteiger partial charge >= 0.3 is 12.1 Å². The van der Waals surface area contributed by atoms with E-state index in [0.717, 1.165) is 0 Å². The average molecular weight is 214 g/mol. The third-order valence-corrected chi connectivity index (χ3v) is 1.84. The number of nitrogens with two attached hydrogens (primary N) is 2. The molecule has 1 atom stereocenters. The first-order valence-corrected chi connectivity index (χ1v) is 3.83. The quantitative estimate of drug-likeness (QED) is 0.244. The number of hydrogen-bond acceptors (Lipinski definition) is 4. The lowest BCUT2D eigenvalue weighted by Gasteiger charge is -2.21. The molecular weight excluding hydrogens is 208 g/mol. The maximum atomic E-state index is 10.4. The van der Waals surface area contributed by atoms with Gasteiger partial charge in [-0.1, -0.05) is 0 Å².